The lowest BCUT2D eigenvalue weighted by Gasteiger charge is -2.22. The van der Waals surface area contributed by atoms with Gasteiger partial charge in [0.2, 0.25) is 0 Å². The number of primary amides is 1. The van der Waals surface area contributed by atoms with Gasteiger partial charge in [-0.1, -0.05) is 25.3 Å². The van der Waals surface area contributed by atoms with E-state index in [1.807, 2.05) is 0 Å². The van der Waals surface area contributed by atoms with Crippen LogP contribution in [0.4, 0.5) is 0 Å². The van der Waals surface area contributed by atoms with Gasteiger partial charge in [0.05, 0.1) is 7.11 Å². The van der Waals surface area contributed by atoms with Crippen molar-refractivity contribution in [3.05, 3.63) is 29.8 Å². The molecule has 0 radical (unpaired) electrons. The van der Waals surface area contributed by atoms with Gasteiger partial charge in [0.25, 0.3) is 11.8 Å². The topological polar surface area (TPSA) is 117 Å². The molecule has 0 bridgehead atoms. The van der Waals surface area contributed by atoms with E-state index in [-0.39, 0.29) is 25.2 Å². The van der Waals surface area contributed by atoms with Gasteiger partial charge in [-0.05, 0) is 36.6 Å². The largest absolute Gasteiger partial charge is 0.493 e. The highest BCUT2D eigenvalue weighted by Gasteiger charge is 2.16. The summed E-state index contributed by atoms with van der Waals surface area (Å²) < 4.78 is 15.4. The number of rotatable bonds is 9. The smallest absolute Gasteiger partial charge is 0.331 e. The van der Waals surface area contributed by atoms with E-state index in [1.165, 1.54) is 25.7 Å². The second-order valence-electron chi connectivity index (χ2n) is 6.51. The van der Waals surface area contributed by atoms with Crippen LogP contribution in [-0.4, -0.2) is 44.1 Å². The Kier molecular flexibility index (Phi) is 8.33. The van der Waals surface area contributed by atoms with Crippen molar-refractivity contribution in [3.8, 4) is 11.5 Å². The van der Waals surface area contributed by atoms with Crippen molar-refractivity contribution in [1.82, 2.24) is 5.32 Å². The number of amides is 2. The molecule has 1 aromatic rings. The van der Waals surface area contributed by atoms with E-state index in [2.05, 4.69) is 5.32 Å². The first-order valence-corrected chi connectivity index (χ1v) is 9.21. The summed E-state index contributed by atoms with van der Waals surface area (Å²) in [5.74, 6) is -0.747. The summed E-state index contributed by atoms with van der Waals surface area (Å²) in [5.41, 5.74) is 5.71. The van der Waals surface area contributed by atoms with Crippen molar-refractivity contribution in [1.29, 1.82) is 0 Å². The first kappa shape index (κ1) is 21.3. The highest BCUT2D eigenvalue weighted by Crippen LogP contribution is 2.28. The van der Waals surface area contributed by atoms with Crippen molar-refractivity contribution in [3.63, 3.8) is 0 Å². The molecule has 0 aliphatic heterocycles. The molecule has 0 heterocycles. The fourth-order valence-electron chi connectivity index (χ4n) is 2.92. The number of benzene rings is 1. The van der Waals surface area contributed by atoms with E-state index in [4.69, 9.17) is 19.9 Å². The molecule has 3 N–H and O–H groups in total. The fraction of sp³-hybridized carbons (Fsp3) is 0.450. The van der Waals surface area contributed by atoms with Gasteiger partial charge < -0.3 is 25.3 Å². The normalized spacial score (nSPS) is 14.5. The van der Waals surface area contributed by atoms with Crippen molar-refractivity contribution in [2.45, 2.75) is 38.1 Å². The maximum atomic E-state index is 11.8. The maximum Gasteiger partial charge on any atom is 0.331 e. The van der Waals surface area contributed by atoms with Gasteiger partial charge in [0.15, 0.2) is 24.7 Å². The van der Waals surface area contributed by atoms with Gasteiger partial charge in [-0.2, -0.15) is 0 Å². The number of hydrogen-bond donors (Lipinski definition) is 2. The molecular formula is C20H26N2O6. The van der Waals surface area contributed by atoms with Gasteiger partial charge in [0, 0.05) is 12.1 Å². The molecule has 8 nitrogen and oxygen atoms in total. The van der Waals surface area contributed by atoms with E-state index in [0.717, 1.165) is 25.7 Å². The third kappa shape index (κ3) is 7.30. The Hall–Kier alpha value is -3.03. The molecule has 1 aliphatic rings. The number of nitrogens with two attached hydrogens (primary N) is 1. The van der Waals surface area contributed by atoms with E-state index >= 15 is 0 Å². The highest BCUT2D eigenvalue weighted by atomic mass is 16.5. The third-order valence-corrected chi connectivity index (χ3v) is 4.29. The van der Waals surface area contributed by atoms with Crippen LogP contribution in [0.5, 0.6) is 11.5 Å². The number of nitrogens with one attached hydrogen (secondary N) is 1. The molecule has 1 aliphatic carbocycles. The number of methoxy groups -OCH3 is 1. The third-order valence-electron chi connectivity index (χ3n) is 4.29. The van der Waals surface area contributed by atoms with Crippen molar-refractivity contribution in [2.24, 2.45) is 5.73 Å². The number of hydrogen-bond acceptors (Lipinski definition) is 6. The van der Waals surface area contributed by atoms with Crippen LogP contribution in [-0.2, 0) is 19.1 Å². The van der Waals surface area contributed by atoms with E-state index < -0.39 is 11.9 Å². The molecule has 2 amide bonds. The number of ether oxygens (including phenoxy) is 3. The number of esters is 1. The van der Waals surface area contributed by atoms with Crippen molar-refractivity contribution in [2.75, 3.05) is 20.3 Å². The minimum absolute atomic E-state index is 0.179. The summed E-state index contributed by atoms with van der Waals surface area (Å²) in [7, 11) is 1.46. The molecule has 1 saturated carbocycles. The average Bonchev–Trinajstić information content (AvgIpc) is 2.70. The molecule has 1 fully saturated rings. The van der Waals surface area contributed by atoms with Crippen molar-refractivity contribution >= 4 is 23.9 Å². The standard InChI is InChI=1S/C20H26N2O6/c1-26-17-11-14(7-9-16(17)27-12-18(21)23)8-10-20(25)28-13-19(24)22-15-5-3-2-4-6-15/h7-11,15H,2-6,12-13H2,1H3,(H2,21,23)(H,22,24)/b10-8+. The molecule has 1 aromatic carbocycles. The molecule has 152 valence electrons. The second-order valence-corrected chi connectivity index (χ2v) is 6.51. The predicted molar refractivity (Wildman–Crippen MR) is 103 cm³/mol. The Morgan fingerprint density at radius 3 is 2.57 bits per heavy atom. The van der Waals surface area contributed by atoms with Gasteiger partial charge in [-0.25, -0.2) is 4.79 Å². The molecule has 0 unspecified atom stereocenters. The van der Waals surface area contributed by atoms with Gasteiger partial charge in [-0.3, -0.25) is 9.59 Å². The monoisotopic (exact) mass is 390 g/mol. The second kappa shape index (κ2) is 11.0. The summed E-state index contributed by atoms with van der Waals surface area (Å²) in [5, 5.41) is 2.89. The summed E-state index contributed by atoms with van der Waals surface area (Å²) in [4.78, 5) is 34.5. The van der Waals surface area contributed by atoms with Crippen LogP contribution >= 0.6 is 0 Å². The lowest BCUT2D eigenvalue weighted by molar-refractivity contribution is -0.144. The van der Waals surface area contributed by atoms with E-state index in [1.54, 1.807) is 18.2 Å². The van der Waals surface area contributed by atoms with Crippen LogP contribution in [0.3, 0.4) is 0 Å². The Morgan fingerprint density at radius 1 is 1.14 bits per heavy atom. The van der Waals surface area contributed by atoms with E-state index in [9.17, 15) is 14.4 Å². The Labute approximate surface area is 164 Å². The fourth-order valence-corrected chi connectivity index (χ4v) is 2.92. The van der Waals surface area contributed by atoms with Crippen LogP contribution in [0.15, 0.2) is 24.3 Å². The Balaban J connectivity index is 1.82. The molecular weight excluding hydrogens is 364 g/mol. The molecule has 0 aromatic heterocycles. The minimum Gasteiger partial charge on any atom is -0.493 e. The summed E-state index contributed by atoms with van der Waals surface area (Å²) in [6.45, 7) is -0.566. The zero-order valence-corrected chi connectivity index (χ0v) is 15.9. The molecule has 0 atom stereocenters. The number of carbonyl (C=O) groups is 3. The molecule has 28 heavy (non-hydrogen) atoms. The van der Waals surface area contributed by atoms with Crippen LogP contribution < -0.4 is 20.5 Å². The summed E-state index contributed by atoms with van der Waals surface area (Å²) >= 11 is 0. The Morgan fingerprint density at radius 2 is 1.89 bits per heavy atom. The molecule has 0 saturated heterocycles. The highest BCUT2D eigenvalue weighted by molar-refractivity contribution is 5.89. The maximum absolute atomic E-state index is 11.8. The lowest BCUT2D eigenvalue weighted by atomic mass is 9.95. The van der Waals surface area contributed by atoms with Crippen LogP contribution in [0.25, 0.3) is 6.08 Å². The average molecular weight is 390 g/mol. The predicted octanol–water partition coefficient (Wildman–Crippen LogP) is 1.56. The van der Waals surface area contributed by atoms with E-state index in [0.29, 0.717) is 17.1 Å². The molecule has 0 spiro atoms. The SMILES string of the molecule is COc1cc(/C=C/C(=O)OCC(=O)NC2CCCCC2)ccc1OCC(N)=O. The number of carbonyl (C=O) groups excluding carboxylic acids is 3. The summed E-state index contributed by atoms with van der Waals surface area (Å²) in [6.07, 6.45) is 8.14. The van der Waals surface area contributed by atoms with Gasteiger partial charge in [-0.15, -0.1) is 0 Å². The van der Waals surface area contributed by atoms with Crippen molar-refractivity contribution < 1.29 is 28.6 Å². The molecule has 2 rings (SSSR count). The first-order chi connectivity index (χ1) is 13.5. The van der Waals surface area contributed by atoms with Crippen LogP contribution in [0, 0.1) is 0 Å². The molecule has 8 heteroatoms. The van der Waals surface area contributed by atoms with Crippen LogP contribution in [0.2, 0.25) is 0 Å². The Bertz CT molecular complexity index is 725. The van der Waals surface area contributed by atoms with Gasteiger partial charge >= 0.3 is 5.97 Å². The zero-order chi connectivity index (χ0) is 20.4. The lowest BCUT2D eigenvalue weighted by Crippen LogP contribution is -2.38. The zero-order valence-electron chi connectivity index (χ0n) is 15.9. The first-order valence-electron chi connectivity index (χ1n) is 9.21. The van der Waals surface area contributed by atoms with Crippen LogP contribution in [0.1, 0.15) is 37.7 Å². The minimum atomic E-state index is -0.619. The quantitative estimate of drug-likeness (QED) is 0.488. The van der Waals surface area contributed by atoms with Gasteiger partial charge in [0.1, 0.15) is 0 Å². The summed E-state index contributed by atoms with van der Waals surface area (Å²) in [6, 6.07) is 5.09.